The summed E-state index contributed by atoms with van der Waals surface area (Å²) in [5, 5.41) is 11.6. The van der Waals surface area contributed by atoms with E-state index < -0.39 is 5.97 Å². The van der Waals surface area contributed by atoms with E-state index in [1.165, 1.54) is 0 Å². The Hall–Kier alpha value is -3.02. The predicted octanol–water partition coefficient (Wildman–Crippen LogP) is 3.11. The topological polar surface area (TPSA) is 84.9 Å². The van der Waals surface area contributed by atoms with E-state index in [1.54, 1.807) is 0 Å². The van der Waals surface area contributed by atoms with Gasteiger partial charge in [0.2, 0.25) is 5.91 Å². The van der Waals surface area contributed by atoms with Gasteiger partial charge in [-0.25, -0.2) is 0 Å². The molecule has 0 fully saturated rings. The van der Waals surface area contributed by atoms with Crippen LogP contribution in [0, 0.1) is 0 Å². The maximum absolute atomic E-state index is 12.6. The molecule has 142 valence electrons. The number of amides is 1. The van der Waals surface area contributed by atoms with E-state index in [0.717, 1.165) is 16.9 Å². The van der Waals surface area contributed by atoms with Crippen LogP contribution in [0.5, 0.6) is 11.5 Å². The SMILES string of the molecule is O=C(O)CCCOc1ccc(CNC(=O)C2CCOc3ccccc32)cc1. The van der Waals surface area contributed by atoms with Gasteiger partial charge < -0.3 is 19.9 Å². The second-order valence-electron chi connectivity index (χ2n) is 6.44. The third kappa shape index (κ3) is 5.23. The third-order valence-corrected chi connectivity index (χ3v) is 4.47. The molecule has 0 aromatic heterocycles. The highest BCUT2D eigenvalue weighted by molar-refractivity contribution is 5.84. The molecule has 1 heterocycles. The number of carboxylic acid groups (broad SMARTS) is 1. The molecule has 1 unspecified atom stereocenters. The highest BCUT2D eigenvalue weighted by Gasteiger charge is 2.27. The Bertz CT molecular complexity index is 787. The van der Waals surface area contributed by atoms with Gasteiger partial charge in [-0.2, -0.15) is 0 Å². The minimum atomic E-state index is -0.822. The van der Waals surface area contributed by atoms with Crippen LogP contribution in [0.1, 0.15) is 36.3 Å². The first-order valence-corrected chi connectivity index (χ1v) is 9.06. The molecule has 3 rings (SSSR count). The molecule has 2 aromatic carbocycles. The van der Waals surface area contributed by atoms with Gasteiger partial charge in [-0.1, -0.05) is 30.3 Å². The number of para-hydroxylation sites is 1. The molecule has 2 N–H and O–H groups in total. The number of carbonyl (C=O) groups excluding carboxylic acids is 1. The van der Waals surface area contributed by atoms with E-state index in [0.29, 0.717) is 38.3 Å². The molecule has 1 aliphatic heterocycles. The van der Waals surface area contributed by atoms with Crippen molar-refractivity contribution < 1.29 is 24.2 Å². The molecule has 27 heavy (non-hydrogen) atoms. The molecule has 2 aromatic rings. The summed E-state index contributed by atoms with van der Waals surface area (Å²) in [6.07, 6.45) is 1.24. The fourth-order valence-corrected chi connectivity index (χ4v) is 3.04. The van der Waals surface area contributed by atoms with Gasteiger partial charge in [0.25, 0.3) is 0 Å². The summed E-state index contributed by atoms with van der Waals surface area (Å²) in [5.41, 5.74) is 1.91. The van der Waals surface area contributed by atoms with Crippen LogP contribution in [-0.2, 0) is 16.1 Å². The second-order valence-corrected chi connectivity index (χ2v) is 6.44. The van der Waals surface area contributed by atoms with Crippen molar-refractivity contribution in [2.75, 3.05) is 13.2 Å². The van der Waals surface area contributed by atoms with Crippen molar-refractivity contribution in [1.82, 2.24) is 5.32 Å². The molecule has 0 radical (unpaired) electrons. The molecular weight excluding hydrogens is 346 g/mol. The Morgan fingerprint density at radius 2 is 1.93 bits per heavy atom. The first-order valence-electron chi connectivity index (χ1n) is 9.06. The number of carbonyl (C=O) groups is 2. The standard InChI is InChI=1S/C21H23NO5/c23-20(24)6-3-12-26-16-9-7-15(8-10-16)14-22-21(25)18-11-13-27-19-5-2-1-4-17(18)19/h1-2,4-5,7-10,18H,3,6,11-14H2,(H,22,25)(H,23,24). The molecular formula is C21H23NO5. The monoisotopic (exact) mass is 369 g/mol. The summed E-state index contributed by atoms with van der Waals surface area (Å²) >= 11 is 0. The number of rotatable bonds is 8. The normalized spacial score (nSPS) is 15.3. The summed E-state index contributed by atoms with van der Waals surface area (Å²) in [4.78, 5) is 23.1. The lowest BCUT2D eigenvalue weighted by atomic mass is 9.92. The van der Waals surface area contributed by atoms with Crippen LogP contribution in [0.3, 0.4) is 0 Å². The summed E-state index contributed by atoms with van der Waals surface area (Å²) in [7, 11) is 0. The third-order valence-electron chi connectivity index (χ3n) is 4.47. The Kier molecular flexibility index (Phi) is 6.30. The number of ether oxygens (including phenoxy) is 2. The summed E-state index contributed by atoms with van der Waals surface area (Å²) in [5.74, 6) is 0.463. The van der Waals surface area contributed by atoms with Crippen LogP contribution >= 0.6 is 0 Å². The number of benzene rings is 2. The zero-order chi connectivity index (χ0) is 19.1. The fraction of sp³-hybridized carbons (Fsp3) is 0.333. The summed E-state index contributed by atoms with van der Waals surface area (Å²) in [6, 6.07) is 15.1. The smallest absolute Gasteiger partial charge is 0.303 e. The van der Waals surface area contributed by atoms with E-state index in [1.807, 2.05) is 48.5 Å². The lowest BCUT2D eigenvalue weighted by Gasteiger charge is -2.25. The Morgan fingerprint density at radius 1 is 1.15 bits per heavy atom. The molecule has 0 bridgehead atoms. The first-order chi connectivity index (χ1) is 13.1. The maximum atomic E-state index is 12.6. The van der Waals surface area contributed by atoms with Gasteiger partial charge in [0, 0.05) is 18.5 Å². The van der Waals surface area contributed by atoms with Crippen LogP contribution in [-0.4, -0.2) is 30.2 Å². The van der Waals surface area contributed by atoms with Crippen molar-refractivity contribution in [1.29, 1.82) is 0 Å². The molecule has 6 nitrogen and oxygen atoms in total. The minimum Gasteiger partial charge on any atom is -0.494 e. The molecule has 1 amide bonds. The van der Waals surface area contributed by atoms with E-state index in [9.17, 15) is 9.59 Å². The molecule has 0 spiro atoms. The molecule has 1 atom stereocenters. The van der Waals surface area contributed by atoms with Crippen LogP contribution in [0.4, 0.5) is 0 Å². The maximum Gasteiger partial charge on any atom is 0.303 e. The average Bonchev–Trinajstić information content (AvgIpc) is 2.69. The van der Waals surface area contributed by atoms with Gasteiger partial charge in [0.05, 0.1) is 19.1 Å². The Labute approximate surface area is 158 Å². The summed E-state index contributed by atoms with van der Waals surface area (Å²) < 4.78 is 11.1. The minimum absolute atomic E-state index is 0.000234. The van der Waals surface area contributed by atoms with Gasteiger partial charge in [-0.3, -0.25) is 9.59 Å². The number of hydrogen-bond acceptors (Lipinski definition) is 4. The zero-order valence-electron chi connectivity index (χ0n) is 15.0. The first kappa shape index (κ1) is 18.8. The Balaban J connectivity index is 1.49. The summed E-state index contributed by atoms with van der Waals surface area (Å²) in [6.45, 7) is 1.35. The van der Waals surface area contributed by atoms with Gasteiger partial charge in [-0.05, 0) is 36.6 Å². The van der Waals surface area contributed by atoms with Crippen molar-refractivity contribution >= 4 is 11.9 Å². The predicted molar refractivity (Wildman–Crippen MR) is 99.9 cm³/mol. The van der Waals surface area contributed by atoms with E-state index in [-0.39, 0.29) is 18.2 Å². The van der Waals surface area contributed by atoms with E-state index in [2.05, 4.69) is 5.32 Å². The largest absolute Gasteiger partial charge is 0.494 e. The van der Waals surface area contributed by atoms with Crippen LogP contribution in [0.25, 0.3) is 0 Å². The number of fused-ring (bicyclic) bond motifs is 1. The zero-order valence-corrected chi connectivity index (χ0v) is 15.0. The van der Waals surface area contributed by atoms with Gasteiger partial charge >= 0.3 is 5.97 Å². The van der Waals surface area contributed by atoms with E-state index in [4.69, 9.17) is 14.6 Å². The van der Waals surface area contributed by atoms with Gasteiger partial charge in [0.1, 0.15) is 11.5 Å². The van der Waals surface area contributed by atoms with Gasteiger partial charge in [-0.15, -0.1) is 0 Å². The lowest BCUT2D eigenvalue weighted by Crippen LogP contribution is -2.32. The molecule has 0 aliphatic carbocycles. The second kappa shape index (κ2) is 9.07. The van der Waals surface area contributed by atoms with Crippen molar-refractivity contribution in [3.05, 3.63) is 59.7 Å². The quantitative estimate of drug-likeness (QED) is 0.699. The highest BCUT2D eigenvalue weighted by Crippen LogP contribution is 2.33. The highest BCUT2D eigenvalue weighted by atomic mass is 16.5. The number of hydrogen-bond donors (Lipinski definition) is 2. The lowest BCUT2D eigenvalue weighted by molar-refractivity contribution is -0.137. The number of aliphatic carboxylic acids is 1. The molecule has 6 heteroatoms. The van der Waals surface area contributed by atoms with E-state index >= 15 is 0 Å². The fourth-order valence-electron chi connectivity index (χ4n) is 3.04. The molecule has 0 saturated heterocycles. The van der Waals surface area contributed by atoms with Crippen LogP contribution in [0.2, 0.25) is 0 Å². The van der Waals surface area contributed by atoms with Crippen molar-refractivity contribution in [2.45, 2.75) is 31.7 Å². The Morgan fingerprint density at radius 3 is 2.70 bits per heavy atom. The van der Waals surface area contributed by atoms with Crippen molar-refractivity contribution in [2.24, 2.45) is 0 Å². The number of nitrogens with one attached hydrogen (secondary N) is 1. The number of carboxylic acids is 1. The average molecular weight is 369 g/mol. The van der Waals surface area contributed by atoms with Gasteiger partial charge in [0.15, 0.2) is 0 Å². The molecule has 0 saturated carbocycles. The van der Waals surface area contributed by atoms with Crippen LogP contribution < -0.4 is 14.8 Å². The van der Waals surface area contributed by atoms with Crippen molar-refractivity contribution in [3.8, 4) is 11.5 Å². The van der Waals surface area contributed by atoms with Crippen LogP contribution in [0.15, 0.2) is 48.5 Å². The molecule has 1 aliphatic rings. The van der Waals surface area contributed by atoms with Crippen molar-refractivity contribution in [3.63, 3.8) is 0 Å².